The highest BCUT2D eigenvalue weighted by molar-refractivity contribution is 6.42. The normalized spacial score (nSPS) is 23.2. The van der Waals surface area contributed by atoms with Crippen LogP contribution < -0.4 is 5.32 Å². The van der Waals surface area contributed by atoms with Crippen molar-refractivity contribution in [1.29, 1.82) is 0 Å². The van der Waals surface area contributed by atoms with Crippen molar-refractivity contribution in [3.8, 4) is 0 Å². The Hall–Kier alpha value is -1.60. The zero-order chi connectivity index (χ0) is 19.0. The van der Waals surface area contributed by atoms with Gasteiger partial charge >= 0.3 is 5.97 Å². The molecule has 1 saturated heterocycles. The molecule has 1 aromatic heterocycles. The highest BCUT2D eigenvalue weighted by Gasteiger charge is 2.32. The van der Waals surface area contributed by atoms with E-state index in [1.807, 2.05) is 12.1 Å². The molecule has 1 aromatic carbocycles. The van der Waals surface area contributed by atoms with E-state index in [2.05, 4.69) is 10.4 Å². The summed E-state index contributed by atoms with van der Waals surface area (Å²) in [6.45, 7) is 2.46. The zero-order valence-corrected chi connectivity index (χ0v) is 16.2. The fourth-order valence-electron chi connectivity index (χ4n) is 3.56. The summed E-state index contributed by atoms with van der Waals surface area (Å²) in [5.74, 6) is -0.545. The topological polar surface area (TPSA) is 76.4 Å². The molecule has 2 fully saturated rings. The molecule has 0 bridgehead atoms. The molecule has 4 rings (SSSR count). The molecule has 2 heterocycles. The van der Waals surface area contributed by atoms with Gasteiger partial charge in [-0.05, 0) is 36.6 Å². The molecule has 144 valence electrons. The largest absolute Gasteiger partial charge is 0.477 e. The average molecular weight is 410 g/mol. The van der Waals surface area contributed by atoms with Gasteiger partial charge < -0.3 is 15.2 Å². The van der Waals surface area contributed by atoms with Gasteiger partial charge in [-0.1, -0.05) is 29.3 Å². The molecule has 0 amide bonds. The van der Waals surface area contributed by atoms with Gasteiger partial charge in [-0.25, -0.2) is 4.79 Å². The third-order valence-electron chi connectivity index (χ3n) is 5.10. The van der Waals surface area contributed by atoms with Crippen LogP contribution in [0.15, 0.2) is 24.3 Å². The Bertz CT molecular complexity index is 851. The molecular weight excluding hydrogens is 389 g/mol. The number of rotatable bonds is 5. The standard InChI is InChI=1S/C19H21Cl2N3O3/c20-14-4-3-12(7-15(14)21)18-13(9-22-5-6-27-18)10-24-17(19(25)26)8-16(23-24)11-1-2-11/h3-4,7-8,11,13,18,22H,1-2,5-6,9-10H2,(H,25,26). The Morgan fingerprint density at radius 1 is 1.30 bits per heavy atom. The number of carboxylic acids is 1. The lowest BCUT2D eigenvalue weighted by atomic mass is 9.95. The van der Waals surface area contributed by atoms with Crippen molar-refractivity contribution in [2.45, 2.75) is 31.4 Å². The summed E-state index contributed by atoms with van der Waals surface area (Å²) in [7, 11) is 0. The SMILES string of the molecule is O=C(O)c1cc(C2CC2)nn1CC1CNCCOC1c1ccc(Cl)c(Cl)c1. The van der Waals surface area contributed by atoms with E-state index in [4.69, 9.17) is 27.9 Å². The van der Waals surface area contributed by atoms with Crippen LogP contribution in [-0.2, 0) is 11.3 Å². The molecule has 2 atom stereocenters. The van der Waals surface area contributed by atoms with Crippen molar-refractivity contribution in [2.75, 3.05) is 19.7 Å². The summed E-state index contributed by atoms with van der Waals surface area (Å²) in [4.78, 5) is 11.7. The van der Waals surface area contributed by atoms with Crippen LogP contribution in [0.2, 0.25) is 10.0 Å². The van der Waals surface area contributed by atoms with Crippen LogP contribution >= 0.6 is 23.2 Å². The molecule has 8 heteroatoms. The first kappa shape index (κ1) is 18.7. The number of aromatic nitrogens is 2. The van der Waals surface area contributed by atoms with Gasteiger partial charge in [0.15, 0.2) is 0 Å². The van der Waals surface area contributed by atoms with Gasteiger partial charge in [0.1, 0.15) is 5.69 Å². The summed E-state index contributed by atoms with van der Waals surface area (Å²) in [6, 6.07) is 7.20. The predicted octanol–water partition coefficient (Wildman–Crippen LogP) is 3.74. The first-order chi connectivity index (χ1) is 13.0. The third kappa shape index (κ3) is 4.14. The molecule has 1 saturated carbocycles. The van der Waals surface area contributed by atoms with E-state index in [9.17, 15) is 9.90 Å². The number of aromatic carboxylic acids is 1. The minimum Gasteiger partial charge on any atom is -0.477 e. The van der Waals surface area contributed by atoms with Gasteiger partial charge in [0.2, 0.25) is 0 Å². The second-order valence-electron chi connectivity index (χ2n) is 7.15. The molecule has 2 N–H and O–H groups in total. The second-order valence-corrected chi connectivity index (χ2v) is 7.96. The van der Waals surface area contributed by atoms with E-state index in [-0.39, 0.29) is 17.7 Å². The lowest BCUT2D eigenvalue weighted by Crippen LogP contribution is -2.29. The molecule has 2 aromatic rings. The highest BCUT2D eigenvalue weighted by Crippen LogP contribution is 2.40. The van der Waals surface area contributed by atoms with Crippen LogP contribution in [0.25, 0.3) is 0 Å². The third-order valence-corrected chi connectivity index (χ3v) is 5.84. The number of benzene rings is 1. The molecule has 2 unspecified atom stereocenters. The number of hydrogen-bond donors (Lipinski definition) is 2. The molecule has 6 nitrogen and oxygen atoms in total. The van der Waals surface area contributed by atoms with E-state index >= 15 is 0 Å². The number of ether oxygens (including phenoxy) is 1. The lowest BCUT2D eigenvalue weighted by Gasteiger charge is -2.26. The molecular formula is C19H21Cl2N3O3. The van der Waals surface area contributed by atoms with Crippen molar-refractivity contribution < 1.29 is 14.6 Å². The first-order valence-electron chi connectivity index (χ1n) is 9.11. The van der Waals surface area contributed by atoms with Gasteiger partial charge in [0, 0.05) is 31.5 Å². The summed E-state index contributed by atoms with van der Waals surface area (Å²) >= 11 is 12.2. The summed E-state index contributed by atoms with van der Waals surface area (Å²) in [5, 5.41) is 18.5. The summed E-state index contributed by atoms with van der Waals surface area (Å²) in [5.41, 5.74) is 2.04. The van der Waals surface area contributed by atoms with Crippen molar-refractivity contribution in [3.05, 3.63) is 51.3 Å². The minimum absolute atomic E-state index is 0.00907. The highest BCUT2D eigenvalue weighted by atomic mass is 35.5. The van der Waals surface area contributed by atoms with E-state index in [1.165, 1.54) is 0 Å². The number of carboxylic acid groups (broad SMARTS) is 1. The molecule has 0 spiro atoms. The number of hydrogen-bond acceptors (Lipinski definition) is 4. The van der Waals surface area contributed by atoms with Crippen molar-refractivity contribution in [2.24, 2.45) is 5.92 Å². The van der Waals surface area contributed by atoms with Gasteiger partial charge in [-0.15, -0.1) is 0 Å². The van der Waals surface area contributed by atoms with Gasteiger partial charge in [0.25, 0.3) is 0 Å². The summed E-state index contributed by atoms with van der Waals surface area (Å²) in [6.07, 6.45) is 1.94. The fourth-order valence-corrected chi connectivity index (χ4v) is 3.86. The zero-order valence-electron chi connectivity index (χ0n) is 14.7. The maximum atomic E-state index is 11.7. The van der Waals surface area contributed by atoms with Crippen LogP contribution in [0, 0.1) is 5.92 Å². The number of halogens is 2. The smallest absolute Gasteiger partial charge is 0.354 e. The van der Waals surface area contributed by atoms with E-state index in [1.54, 1.807) is 16.8 Å². The molecule has 2 aliphatic rings. The van der Waals surface area contributed by atoms with Crippen LogP contribution in [0.5, 0.6) is 0 Å². The maximum absolute atomic E-state index is 11.7. The van der Waals surface area contributed by atoms with Crippen molar-refractivity contribution >= 4 is 29.2 Å². The number of nitrogens with one attached hydrogen (secondary N) is 1. The molecule has 0 radical (unpaired) electrons. The average Bonchev–Trinajstić information content (AvgIpc) is 3.43. The predicted molar refractivity (Wildman–Crippen MR) is 103 cm³/mol. The fraction of sp³-hybridized carbons (Fsp3) is 0.474. The van der Waals surface area contributed by atoms with Gasteiger partial charge in [-0.2, -0.15) is 5.10 Å². The number of carbonyl (C=O) groups is 1. The summed E-state index contributed by atoms with van der Waals surface area (Å²) < 4.78 is 7.70. The number of nitrogens with zero attached hydrogens (tertiary/aromatic N) is 2. The Labute approximate surface area is 167 Å². The monoisotopic (exact) mass is 409 g/mol. The Balaban J connectivity index is 1.63. The van der Waals surface area contributed by atoms with Gasteiger partial charge in [-0.3, -0.25) is 4.68 Å². The molecule has 27 heavy (non-hydrogen) atoms. The lowest BCUT2D eigenvalue weighted by molar-refractivity contribution is 0.0236. The van der Waals surface area contributed by atoms with Crippen LogP contribution in [0.1, 0.15) is 46.6 Å². The van der Waals surface area contributed by atoms with E-state index in [0.29, 0.717) is 35.7 Å². The minimum atomic E-state index is -0.956. The van der Waals surface area contributed by atoms with Crippen molar-refractivity contribution in [3.63, 3.8) is 0 Å². The van der Waals surface area contributed by atoms with Gasteiger partial charge in [0.05, 0.1) is 28.5 Å². The van der Waals surface area contributed by atoms with E-state index in [0.717, 1.165) is 30.6 Å². The first-order valence-corrected chi connectivity index (χ1v) is 9.87. The van der Waals surface area contributed by atoms with Crippen LogP contribution in [0.3, 0.4) is 0 Å². The van der Waals surface area contributed by atoms with Crippen LogP contribution in [0.4, 0.5) is 0 Å². The maximum Gasteiger partial charge on any atom is 0.354 e. The van der Waals surface area contributed by atoms with Crippen molar-refractivity contribution in [1.82, 2.24) is 15.1 Å². The molecule has 1 aliphatic heterocycles. The molecule has 1 aliphatic carbocycles. The van der Waals surface area contributed by atoms with Crippen LogP contribution in [-0.4, -0.2) is 40.6 Å². The Morgan fingerprint density at radius 3 is 2.81 bits per heavy atom. The Morgan fingerprint density at radius 2 is 2.11 bits per heavy atom. The Kier molecular flexibility index (Phi) is 5.41. The van der Waals surface area contributed by atoms with E-state index < -0.39 is 5.97 Å². The quantitative estimate of drug-likeness (QED) is 0.786. The second kappa shape index (κ2) is 7.80.